The summed E-state index contributed by atoms with van der Waals surface area (Å²) in [6.07, 6.45) is -1.03. The standard InChI is InChI=1S/C14H11NO2S/c16-13-11-7-6-10(8-12(11)15-14(13)17)18-9-4-2-1-3-5-9/h1-8,13,16H,(H,15,17). The molecule has 1 atom stereocenters. The van der Waals surface area contributed by atoms with E-state index in [1.54, 1.807) is 17.8 Å². The fraction of sp³-hybridized carbons (Fsp3) is 0.0714. The minimum Gasteiger partial charge on any atom is -0.378 e. The van der Waals surface area contributed by atoms with Crippen LogP contribution in [-0.2, 0) is 4.79 Å². The predicted molar refractivity (Wildman–Crippen MR) is 70.6 cm³/mol. The van der Waals surface area contributed by atoms with Gasteiger partial charge in [-0.15, -0.1) is 0 Å². The number of hydrogen-bond donors (Lipinski definition) is 2. The smallest absolute Gasteiger partial charge is 0.257 e. The number of carbonyl (C=O) groups excluding carboxylic acids is 1. The number of amides is 1. The van der Waals surface area contributed by atoms with Gasteiger partial charge in [0.05, 0.1) is 0 Å². The lowest BCUT2D eigenvalue weighted by atomic mass is 10.1. The van der Waals surface area contributed by atoms with Gasteiger partial charge < -0.3 is 10.4 Å². The number of rotatable bonds is 2. The third-order valence-electron chi connectivity index (χ3n) is 2.80. The minimum atomic E-state index is -1.03. The van der Waals surface area contributed by atoms with Crippen LogP contribution in [-0.4, -0.2) is 11.0 Å². The quantitative estimate of drug-likeness (QED) is 0.869. The number of fused-ring (bicyclic) bond motifs is 1. The zero-order valence-electron chi connectivity index (χ0n) is 9.46. The highest BCUT2D eigenvalue weighted by molar-refractivity contribution is 7.99. The summed E-state index contributed by atoms with van der Waals surface area (Å²) in [7, 11) is 0. The lowest BCUT2D eigenvalue weighted by molar-refractivity contribution is -0.123. The Balaban J connectivity index is 1.88. The van der Waals surface area contributed by atoms with Crippen molar-refractivity contribution in [1.82, 2.24) is 0 Å². The lowest BCUT2D eigenvalue weighted by Gasteiger charge is -2.04. The van der Waals surface area contributed by atoms with Crippen LogP contribution >= 0.6 is 11.8 Å². The fourth-order valence-corrected chi connectivity index (χ4v) is 2.79. The molecule has 2 aromatic rings. The van der Waals surface area contributed by atoms with Crippen LogP contribution in [0.25, 0.3) is 0 Å². The molecule has 1 heterocycles. The molecular weight excluding hydrogens is 246 g/mol. The van der Waals surface area contributed by atoms with Gasteiger partial charge in [0.1, 0.15) is 0 Å². The van der Waals surface area contributed by atoms with E-state index < -0.39 is 6.10 Å². The average molecular weight is 257 g/mol. The van der Waals surface area contributed by atoms with Crippen molar-refractivity contribution in [1.29, 1.82) is 0 Å². The van der Waals surface area contributed by atoms with E-state index in [9.17, 15) is 9.90 Å². The molecule has 0 spiro atoms. The first-order valence-electron chi connectivity index (χ1n) is 5.60. The highest BCUT2D eigenvalue weighted by Crippen LogP contribution is 2.36. The Bertz CT molecular complexity index is 598. The van der Waals surface area contributed by atoms with Crippen molar-refractivity contribution >= 4 is 23.4 Å². The number of carbonyl (C=O) groups is 1. The van der Waals surface area contributed by atoms with Crippen molar-refractivity contribution < 1.29 is 9.90 Å². The summed E-state index contributed by atoms with van der Waals surface area (Å²) in [5.74, 6) is -0.355. The van der Waals surface area contributed by atoms with Gasteiger partial charge in [0, 0.05) is 21.0 Å². The first-order valence-corrected chi connectivity index (χ1v) is 6.41. The Kier molecular flexibility index (Phi) is 2.81. The molecule has 90 valence electrons. The molecule has 2 aromatic carbocycles. The Hall–Kier alpha value is -1.78. The van der Waals surface area contributed by atoms with E-state index in [2.05, 4.69) is 5.32 Å². The number of nitrogens with one attached hydrogen (secondary N) is 1. The van der Waals surface area contributed by atoms with E-state index in [1.165, 1.54) is 0 Å². The molecule has 0 saturated heterocycles. The van der Waals surface area contributed by atoms with Gasteiger partial charge >= 0.3 is 0 Å². The molecule has 3 rings (SSSR count). The van der Waals surface area contributed by atoms with Crippen molar-refractivity contribution in [2.24, 2.45) is 0 Å². The van der Waals surface area contributed by atoms with Crippen LogP contribution in [0.1, 0.15) is 11.7 Å². The minimum absolute atomic E-state index is 0.355. The molecule has 1 unspecified atom stereocenters. The fourth-order valence-electron chi connectivity index (χ4n) is 1.91. The monoisotopic (exact) mass is 257 g/mol. The number of aliphatic hydroxyl groups is 1. The largest absolute Gasteiger partial charge is 0.378 e. The molecule has 18 heavy (non-hydrogen) atoms. The zero-order valence-corrected chi connectivity index (χ0v) is 10.3. The summed E-state index contributed by atoms with van der Waals surface area (Å²) in [4.78, 5) is 13.5. The predicted octanol–water partition coefficient (Wildman–Crippen LogP) is 2.82. The van der Waals surface area contributed by atoms with Crippen LogP contribution in [0.2, 0.25) is 0 Å². The van der Waals surface area contributed by atoms with Gasteiger partial charge in [0.15, 0.2) is 6.10 Å². The molecule has 3 nitrogen and oxygen atoms in total. The number of anilines is 1. The molecule has 2 N–H and O–H groups in total. The molecule has 0 saturated carbocycles. The molecule has 0 bridgehead atoms. The topological polar surface area (TPSA) is 49.3 Å². The third-order valence-corrected chi connectivity index (χ3v) is 3.80. The molecule has 1 amide bonds. The first-order chi connectivity index (χ1) is 8.74. The second-order valence-corrected chi connectivity index (χ2v) is 5.20. The number of hydrogen-bond acceptors (Lipinski definition) is 3. The van der Waals surface area contributed by atoms with E-state index in [-0.39, 0.29) is 5.91 Å². The highest BCUT2D eigenvalue weighted by atomic mass is 32.2. The van der Waals surface area contributed by atoms with E-state index >= 15 is 0 Å². The van der Waals surface area contributed by atoms with E-state index in [1.807, 2.05) is 42.5 Å². The van der Waals surface area contributed by atoms with Crippen molar-refractivity contribution in [3.05, 3.63) is 54.1 Å². The zero-order chi connectivity index (χ0) is 12.5. The molecular formula is C14H11NO2S. The van der Waals surface area contributed by atoms with Crippen molar-refractivity contribution in [3.8, 4) is 0 Å². The summed E-state index contributed by atoms with van der Waals surface area (Å²) in [5, 5.41) is 12.3. The van der Waals surface area contributed by atoms with Gasteiger partial charge in [0.2, 0.25) is 0 Å². The summed E-state index contributed by atoms with van der Waals surface area (Å²) in [6, 6.07) is 15.6. The summed E-state index contributed by atoms with van der Waals surface area (Å²) >= 11 is 1.62. The van der Waals surface area contributed by atoms with Gasteiger partial charge in [-0.05, 0) is 24.3 Å². The van der Waals surface area contributed by atoms with E-state index in [0.29, 0.717) is 11.3 Å². The van der Waals surface area contributed by atoms with Crippen molar-refractivity contribution in [3.63, 3.8) is 0 Å². The number of benzene rings is 2. The van der Waals surface area contributed by atoms with Crippen LogP contribution in [0.4, 0.5) is 5.69 Å². The van der Waals surface area contributed by atoms with Crippen LogP contribution in [0.3, 0.4) is 0 Å². The SMILES string of the molecule is O=C1Nc2cc(Sc3ccccc3)ccc2C1O. The summed E-state index contributed by atoms with van der Waals surface area (Å²) in [5.41, 5.74) is 1.35. The molecule has 1 aliphatic heterocycles. The molecule has 4 heteroatoms. The molecule has 0 fully saturated rings. The highest BCUT2D eigenvalue weighted by Gasteiger charge is 2.28. The summed E-state index contributed by atoms with van der Waals surface area (Å²) < 4.78 is 0. The average Bonchev–Trinajstić information content (AvgIpc) is 2.66. The van der Waals surface area contributed by atoms with Crippen LogP contribution < -0.4 is 5.32 Å². The van der Waals surface area contributed by atoms with Crippen LogP contribution in [0.15, 0.2) is 58.3 Å². The van der Waals surface area contributed by atoms with E-state index in [0.717, 1.165) is 9.79 Å². The number of aliphatic hydroxyl groups excluding tert-OH is 1. The lowest BCUT2D eigenvalue weighted by Crippen LogP contribution is -2.10. The Morgan fingerprint density at radius 2 is 1.83 bits per heavy atom. The molecule has 0 aliphatic carbocycles. The van der Waals surface area contributed by atoms with Crippen molar-refractivity contribution in [2.45, 2.75) is 15.9 Å². The second-order valence-electron chi connectivity index (χ2n) is 4.06. The van der Waals surface area contributed by atoms with E-state index in [4.69, 9.17) is 0 Å². The maximum absolute atomic E-state index is 11.3. The van der Waals surface area contributed by atoms with Gasteiger partial charge in [-0.1, -0.05) is 36.0 Å². The second kappa shape index (κ2) is 4.48. The normalized spacial score (nSPS) is 17.4. The van der Waals surface area contributed by atoms with Gasteiger partial charge in [0.25, 0.3) is 5.91 Å². The molecule has 1 aliphatic rings. The van der Waals surface area contributed by atoms with Gasteiger partial charge in [-0.25, -0.2) is 0 Å². The molecule has 0 radical (unpaired) electrons. The maximum atomic E-state index is 11.3. The van der Waals surface area contributed by atoms with Gasteiger partial charge in [-0.3, -0.25) is 4.79 Å². The third kappa shape index (κ3) is 2.00. The Labute approximate surface area is 109 Å². The van der Waals surface area contributed by atoms with Gasteiger partial charge in [-0.2, -0.15) is 0 Å². The van der Waals surface area contributed by atoms with Crippen molar-refractivity contribution in [2.75, 3.05) is 5.32 Å². The maximum Gasteiger partial charge on any atom is 0.257 e. The van der Waals surface area contributed by atoms with Crippen LogP contribution in [0.5, 0.6) is 0 Å². The molecule has 0 aromatic heterocycles. The van der Waals surface area contributed by atoms with Crippen LogP contribution in [0, 0.1) is 0 Å². The Morgan fingerprint density at radius 3 is 2.61 bits per heavy atom. The first kappa shape index (κ1) is 11.3. The summed E-state index contributed by atoms with van der Waals surface area (Å²) in [6.45, 7) is 0. The Morgan fingerprint density at radius 1 is 1.06 bits per heavy atom.